The topological polar surface area (TPSA) is 79.3 Å². The van der Waals surface area contributed by atoms with Crippen molar-refractivity contribution in [1.29, 1.82) is 0 Å². The lowest BCUT2D eigenvalue weighted by Gasteiger charge is -2.46. The van der Waals surface area contributed by atoms with Gasteiger partial charge in [0, 0.05) is 18.4 Å². The summed E-state index contributed by atoms with van der Waals surface area (Å²) in [6, 6.07) is 3.44. The molecule has 0 aromatic carbocycles. The van der Waals surface area contributed by atoms with Crippen molar-refractivity contribution in [1.82, 2.24) is 10.3 Å². The first-order chi connectivity index (χ1) is 9.84. The van der Waals surface area contributed by atoms with Gasteiger partial charge >= 0.3 is 5.97 Å². The van der Waals surface area contributed by atoms with Crippen LogP contribution in [0.3, 0.4) is 0 Å². The summed E-state index contributed by atoms with van der Waals surface area (Å²) in [4.78, 5) is 27.5. The highest BCUT2D eigenvalue weighted by Crippen LogP contribution is 2.45. The van der Waals surface area contributed by atoms with Gasteiger partial charge in [-0.15, -0.1) is 0 Å². The molecular formula is C16H22N2O3. The second-order valence-electron chi connectivity index (χ2n) is 6.40. The molecule has 1 amide bonds. The molecule has 1 heterocycles. The van der Waals surface area contributed by atoms with Crippen LogP contribution < -0.4 is 5.32 Å². The lowest BCUT2D eigenvalue weighted by atomic mass is 9.61. The third-order valence-corrected chi connectivity index (χ3v) is 4.98. The van der Waals surface area contributed by atoms with E-state index in [-0.39, 0.29) is 29.2 Å². The van der Waals surface area contributed by atoms with Crippen LogP contribution in [0.2, 0.25) is 0 Å². The summed E-state index contributed by atoms with van der Waals surface area (Å²) in [7, 11) is 0. The predicted octanol–water partition coefficient (Wildman–Crippen LogP) is 2.34. The number of rotatable bonds is 3. The quantitative estimate of drug-likeness (QED) is 0.895. The van der Waals surface area contributed by atoms with E-state index in [0.29, 0.717) is 18.4 Å². The molecule has 3 unspecified atom stereocenters. The molecule has 2 rings (SSSR count). The number of aliphatic carboxylic acids is 1. The molecule has 0 spiro atoms. The summed E-state index contributed by atoms with van der Waals surface area (Å²) in [6.07, 6.45) is 4.44. The van der Waals surface area contributed by atoms with Gasteiger partial charge in [0.2, 0.25) is 0 Å². The molecule has 1 aromatic heterocycles. The zero-order valence-electron chi connectivity index (χ0n) is 12.7. The summed E-state index contributed by atoms with van der Waals surface area (Å²) >= 11 is 0. The minimum atomic E-state index is -0.746. The van der Waals surface area contributed by atoms with Gasteiger partial charge in [-0.3, -0.25) is 14.6 Å². The summed E-state index contributed by atoms with van der Waals surface area (Å²) in [5.74, 6) is -1.17. The number of nitrogens with zero attached hydrogens (tertiary/aromatic N) is 1. The molecule has 0 radical (unpaired) electrons. The summed E-state index contributed by atoms with van der Waals surface area (Å²) in [5, 5.41) is 12.4. The van der Waals surface area contributed by atoms with E-state index in [1.807, 2.05) is 20.8 Å². The predicted molar refractivity (Wildman–Crippen MR) is 78.8 cm³/mol. The fraction of sp³-hybridized carbons (Fsp3) is 0.562. The number of hydrogen-bond donors (Lipinski definition) is 2. The smallest absolute Gasteiger partial charge is 0.307 e. The Morgan fingerprint density at radius 1 is 1.38 bits per heavy atom. The van der Waals surface area contributed by atoms with Gasteiger partial charge in [-0.2, -0.15) is 0 Å². The molecule has 0 saturated heterocycles. The van der Waals surface area contributed by atoms with Crippen molar-refractivity contribution in [3.63, 3.8) is 0 Å². The Kier molecular flexibility index (Phi) is 4.30. The van der Waals surface area contributed by atoms with Crippen LogP contribution in [0, 0.1) is 17.3 Å². The number of carboxylic acid groups (broad SMARTS) is 1. The standard InChI is InChI=1S/C16H22N2O3/c1-10-13(7-6-12(15(20)21)16(10,2)3)18-14(19)11-5-4-8-17-9-11/h4-5,8-10,12-13H,6-7H2,1-3H3,(H,18,19)(H,20,21). The Labute approximate surface area is 124 Å². The molecule has 0 aliphatic heterocycles. The maximum absolute atomic E-state index is 12.2. The van der Waals surface area contributed by atoms with E-state index in [0.717, 1.165) is 0 Å². The minimum Gasteiger partial charge on any atom is -0.481 e. The zero-order valence-corrected chi connectivity index (χ0v) is 12.7. The molecule has 3 atom stereocenters. The molecule has 2 N–H and O–H groups in total. The number of aromatic nitrogens is 1. The Balaban J connectivity index is 2.09. The van der Waals surface area contributed by atoms with Crippen LogP contribution in [0.1, 0.15) is 44.0 Å². The average Bonchev–Trinajstić information content (AvgIpc) is 2.44. The van der Waals surface area contributed by atoms with Crippen LogP contribution in [0.5, 0.6) is 0 Å². The van der Waals surface area contributed by atoms with Crippen molar-refractivity contribution < 1.29 is 14.7 Å². The van der Waals surface area contributed by atoms with E-state index >= 15 is 0 Å². The van der Waals surface area contributed by atoms with Gasteiger partial charge in [-0.05, 0) is 36.3 Å². The monoisotopic (exact) mass is 290 g/mol. The van der Waals surface area contributed by atoms with Gasteiger partial charge in [-0.1, -0.05) is 20.8 Å². The minimum absolute atomic E-state index is 0.0108. The third kappa shape index (κ3) is 3.06. The fourth-order valence-corrected chi connectivity index (χ4v) is 3.19. The third-order valence-electron chi connectivity index (χ3n) is 4.98. The molecular weight excluding hydrogens is 268 g/mol. The van der Waals surface area contributed by atoms with Crippen LogP contribution in [0.25, 0.3) is 0 Å². The number of nitrogens with one attached hydrogen (secondary N) is 1. The summed E-state index contributed by atoms with van der Waals surface area (Å²) in [5.41, 5.74) is 0.180. The molecule has 5 nitrogen and oxygen atoms in total. The molecule has 5 heteroatoms. The molecule has 114 valence electrons. The Bertz CT molecular complexity index is 528. The van der Waals surface area contributed by atoms with E-state index in [2.05, 4.69) is 10.3 Å². The van der Waals surface area contributed by atoms with Crippen LogP contribution in [-0.4, -0.2) is 28.0 Å². The van der Waals surface area contributed by atoms with Crippen LogP contribution in [0.4, 0.5) is 0 Å². The average molecular weight is 290 g/mol. The van der Waals surface area contributed by atoms with Gasteiger partial charge < -0.3 is 10.4 Å². The van der Waals surface area contributed by atoms with Crippen molar-refractivity contribution in [3.8, 4) is 0 Å². The van der Waals surface area contributed by atoms with Crippen molar-refractivity contribution in [2.24, 2.45) is 17.3 Å². The van der Waals surface area contributed by atoms with Crippen LogP contribution in [-0.2, 0) is 4.79 Å². The van der Waals surface area contributed by atoms with E-state index in [1.54, 1.807) is 18.3 Å². The highest BCUT2D eigenvalue weighted by atomic mass is 16.4. The fourth-order valence-electron chi connectivity index (χ4n) is 3.19. The molecule has 1 saturated carbocycles. The van der Waals surface area contributed by atoms with Crippen molar-refractivity contribution in [2.75, 3.05) is 0 Å². The van der Waals surface area contributed by atoms with E-state index in [1.165, 1.54) is 6.20 Å². The first-order valence-electron chi connectivity index (χ1n) is 7.27. The van der Waals surface area contributed by atoms with Crippen LogP contribution in [0.15, 0.2) is 24.5 Å². The van der Waals surface area contributed by atoms with E-state index in [9.17, 15) is 14.7 Å². The second kappa shape index (κ2) is 5.84. The Morgan fingerprint density at radius 3 is 2.67 bits per heavy atom. The van der Waals surface area contributed by atoms with Crippen LogP contribution >= 0.6 is 0 Å². The SMILES string of the molecule is CC1C(NC(=O)c2cccnc2)CCC(C(=O)O)C1(C)C. The molecule has 1 aliphatic rings. The number of hydrogen-bond acceptors (Lipinski definition) is 3. The van der Waals surface area contributed by atoms with Gasteiger partial charge in [0.15, 0.2) is 0 Å². The second-order valence-corrected chi connectivity index (χ2v) is 6.40. The number of pyridine rings is 1. The van der Waals surface area contributed by atoms with Gasteiger partial charge in [0.25, 0.3) is 5.91 Å². The van der Waals surface area contributed by atoms with E-state index in [4.69, 9.17) is 0 Å². The van der Waals surface area contributed by atoms with Crippen molar-refractivity contribution >= 4 is 11.9 Å². The Morgan fingerprint density at radius 2 is 2.10 bits per heavy atom. The highest BCUT2D eigenvalue weighted by Gasteiger charge is 2.46. The summed E-state index contributed by atoms with van der Waals surface area (Å²) < 4.78 is 0. The van der Waals surface area contributed by atoms with Crippen molar-refractivity contribution in [3.05, 3.63) is 30.1 Å². The highest BCUT2D eigenvalue weighted by molar-refractivity contribution is 5.94. The molecule has 1 fully saturated rings. The number of amides is 1. The number of carbonyl (C=O) groups is 2. The first kappa shape index (κ1) is 15.5. The van der Waals surface area contributed by atoms with Crippen molar-refractivity contribution in [2.45, 2.75) is 39.7 Å². The maximum atomic E-state index is 12.2. The van der Waals surface area contributed by atoms with Gasteiger partial charge in [-0.25, -0.2) is 0 Å². The van der Waals surface area contributed by atoms with Gasteiger partial charge in [0.1, 0.15) is 0 Å². The maximum Gasteiger partial charge on any atom is 0.307 e. The largest absolute Gasteiger partial charge is 0.481 e. The molecule has 21 heavy (non-hydrogen) atoms. The Hall–Kier alpha value is -1.91. The molecule has 1 aromatic rings. The zero-order chi connectivity index (χ0) is 15.6. The summed E-state index contributed by atoms with van der Waals surface area (Å²) in [6.45, 7) is 5.96. The number of carboxylic acids is 1. The molecule has 0 bridgehead atoms. The lowest BCUT2D eigenvalue weighted by Crippen LogP contribution is -2.52. The normalized spacial score (nSPS) is 27.9. The van der Waals surface area contributed by atoms with Gasteiger partial charge in [0.05, 0.1) is 11.5 Å². The number of carbonyl (C=O) groups excluding carboxylic acids is 1. The molecule has 1 aliphatic carbocycles. The lowest BCUT2D eigenvalue weighted by molar-refractivity contribution is -0.150. The van der Waals surface area contributed by atoms with E-state index < -0.39 is 5.97 Å². The first-order valence-corrected chi connectivity index (χ1v) is 7.27.